The summed E-state index contributed by atoms with van der Waals surface area (Å²) in [6, 6.07) is 11.0. The van der Waals surface area contributed by atoms with Crippen LogP contribution in [0, 0.1) is 6.92 Å². The van der Waals surface area contributed by atoms with Crippen LogP contribution >= 0.6 is 22.9 Å². The molecule has 30 heavy (non-hydrogen) atoms. The monoisotopic (exact) mass is 447 g/mol. The van der Waals surface area contributed by atoms with Crippen LogP contribution in [-0.2, 0) is 4.79 Å². The number of halogens is 1. The summed E-state index contributed by atoms with van der Waals surface area (Å²) in [6.45, 7) is 5.66. The van der Waals surface area contributed by atoms with Crippen LogP contribution in [0.5, 0.6) is 11.5 Å². The van der Waals surface area contributed by atoms with Crippen LogP contribution in [0.15, 0.2) is 36.4 Å². The summed E-state index contributed by atoms with van der Waals surface area (Å²) < 4.78 is 12.0. The van der Waals surface area contributed by atoms with Crippen LogP contribution in [0.4, 0.5) is 5.13 Å². The number of anilines is 1. The zero-order valence-electron chi connectivity index (χ0n) is 17.6. The van der Waals surface area contributed by atoms with Gasteiger partial charge in [-0.3, -0.25) is 9.69 Å². The topological polar surface area (TPSA) is 54.9 Å². The third-order valence-corrected chi connectivity index (χ3v) is 6.02. The minimum Gasteiger partial charge on any atom is -0.494 e. The number of aryl methyl sites for hydroxylation is 1. The number of carbonyl (C=O) groups is 1. The molecule has 0 bridgehead atoms. The van der Waals surface area contributed by atoms with E-state index in [0.717, 1.165) is 21.5 Å². The Balaban J connectivity index is 1.78. The Morgan fingerprint density at radius 3 is 2.33 bits per heavy atom. The SMILES string of the molecule is CCOc1ccc(OCC(=O)N(CCN(C)C)c2nc3c(C)ccc(Cl)c3s2)cc1. The summed E-state index contributed by atoms with van der Waals surface area (Å²) in [5.74, 6) is 1.23. The van der Waals surface area contributed by atoms with E-state index in [9.17, 15) is 4.79 Å². The van der Waals surface area contributed by atoms with Gasteiger partial charge in [0.15, 0.2) is 11.7 Å². The van der Waals surface area contributed by atoms with Crippen LogP contribution in [-0.4, -0.2) is 56.2 Å². The van der Waals surface area contributed by atoms with Crippen molar-refractivity contribution in [2.24, 2.45) is 0 Å². The van der Waals surface area contributed by atoms with E-state index < -0.39 is 0 Å². The van der Waals surface area contributed by atoms with Gasteiger partial charge < -0.3 is 14.4 Å². The second kappa shape index (κ2) is 10.1. The van der Waals surface area contributed by atoms with Gasteiger partial charge >= 0.3 is 0 Å². The number of thiazole rings is 1. The first-order valence-corrected chi connectivity index (χ1v) is 10.9. The minimum atomic E-state index is -0.154. The maximum atomic E-state index is 13.0. The van der Waals surface area contributed by atoms with Gasteiger partial charge in [0.05, 0.1) is 21.8 Å². The predicted octanol–water partition coefficient (Wildman–Crippen LogP) is 4.63. The lowest BCUT2D eigenvalue weighted by Crippen LogP contribution is -2.39. The molecule has 8 heteroatoms. The van der Waals surface area contributed by atoms with Crippen molar-refractivity contribution in [1.29, 1.82) is 0 Å². The van der Waals surface area contributed by atoms with E-state index in [2.05, 4.69) is 0 Å². The highest BCUT2D eigenvalue weighted by Gasteiger charge is 2.22. The number of hydrogen-bond donors (Lipinski definition) is 0. The molecule has 0 fully saturated rings. The molecule has 1 heterocycles. The van der Waals surface area contributed by atoms with Crippen molar-refractivity contribution < 1.29 is 14.3 Å². The molecular weight excluding hydrogens is 422 g/mol. The Morgan fingerprint density at radius 2 is 1.73 bits per heavy atom. The van der Waals surface area contributed by atoms with Crippen LogP contribution in [0.2, 0.25) is 5.02 Å². The molecule has 160 valence electrons. The number of ether oxygens (including phenoxy) is 2. The fraction of sp³-hybridized carbons (Fsp3) is 0.364. The van der Waals surface area contributed by atoms with Crippen LogP contribution < -0.4 is 14.4 Å². The van der Waals surface area contributed by atoms with E-state index >= 15 is 0 Å². The summed E-state index contributed by atoms with van der Waals surface area (Å²) in [5, 5.41) is 1.27. The van der Waals surface area contributed by atoms with Gasteiger partial charge in [-0.2, -0.15) is 0 Å². The van der Waals surface area contributed by atoms with Crippen molar-refractivity contribution >= 4 is 44.2 Å². The standard InChI is InChI=1S/C22H26ClN3O3S/c1-5-28-16-7-9-17(10-8-16)29-14-19(27)26(13-12-25(3)4)22-24-20-15(2)6-11-18(23)21(20)30-22/h6-11H,5,12-14H2,1-4H3. The van der Waals surface area contributed by atoms with Crippen LogP contribution in [0.1, 0.15) is 12.5 Å². The van der Waals surface area contributed by atoms with E-state index in [0.29, 0.717) is 35.6 Å². The highest BCUT2D eigenvalue weighted by molar-refractivity contribution is 7.23. The van der Waals surface area contributed by atoms with Crippen molar-refractivity contribution in [1.82, 2.24) is 9.88 Å². The molecule has 0 aliphatic rings. The summed E-state index contributed by atoms with van der Waals surface area (Å²) in [7, 11) is 3.94. The third-order valence-electron chi connectivity index (χ3n) is 4.49. The number of amides is 1. The Hall–Kier alpha value is -2.35. The zero-order chi connectivity index (χ0) is 21.7. The predicted molar refractivity (Wildman–Crippen MR) is 123 cm³/mol. The average Bonchev–Trinajstić information content (AvgIpc) is 3.17. The largest absolute Gasteiger partial charge is 0.494 e. The van der Waals surface area contributed by atoms with E-state index in [1.54, 1.807) is 17.0 Å². The maximum absolute atomic E-state index is 13.0. The molecular formula is C22H26ClN3O3S. The number of aromatic nitrogens is 1. The number of rotatable bonds is 9. The van der Waals surface area contributed by atoms with Gasteiger partial charge in [0.25, 0.3) is 5.91 Å². The van der Waals surface area contributed by atoms with Gasteiger partial charge in [0.2, 0.25) is 0 Å². The van der Waals surface area contributed by atoms with E-state index in [-0.39, 0.29) is 12.5 Å². The molecule has 0 saturated heterocycles. The molecule has 0 radical (unpaired) electrons. The molecule has 0 unspecified atom stereocenters. The highest BCUT2D eigenvalue weighted by atomic mass is 35.5. The van der Waals surface area contributed by atoms with E-state index in [1.807, 2.05) is 57.1 Å². The van der Waals surface area contributed by atoms with Crippen molar-refractivity contribution in [3.05, 3.63) is 47.0 Å². The lowest BCUT2D eigenvalue weighted by molar-refractivity contribution is -0.120. The Kier molecular flexibility index (Phi) is 7.53. The van der Waals surface area contributed by atoms with E-state index in [4.69, 9.17) is 26.1 Å². The quantitative estimate of drug-likeness (QED) is 0.478. The molecule has 0 atom stereocenters. The molecule has 1 aromatic heterocycles. The Morgan fingerprint density at radius 1 is 1.07 bits per heavy atom. The molecule has 1 amide bonds. The number of carbonyl (C=O) groups excluding carboxylic acids is 1. The molecule has 0 spiro atoms. The summed E-state index contributed by atoms with van der Waals surface area (Å²) in [4.78, 5) is 21.4. The molecule has 0 saturated carbocycles. The smallest absolute Gasteiger partial charge is 0.266 e. The number of fused-ring (bicyclic) bond motifs is 1. The Bertz CT molecular complexity index is 966. The molecule has 0 aliphatic heterocycles. The van der Waals surface area contributed by atoms with Crippen LogP contribution in [0.3, 0.4) is 0 Å². The van der Waals surface area contributed by atoms with Crippen molar-refractivity contribution in [3.8, 4) is 11.5 Å². The lowest BCUT2D eigenvalue weighted by atomic mass is 10.2. The molecule has 0 N–H and O–H groups in total. The minimum absolute atomic E-state index is 0.0793. The Labute approximate surface area is 186 Å². The first-order valence-electron chi connectivity index (χ1n) is 9.75. The number of hydrogen-bond acceptors (Lipinski definition) is 6. The highest BCUT2D eigenvalue weighted by Crippen LogP contribution is 2.35. The molecule has 0 aliphatic carbocycles. The second-order valence-corrected chi connectivity index (χ2v) is 8.46. The number of nitrogens with zero attached hydrogens (tertiary/aromatic N) is 3. The zero-order valence-corrected chi connectivity index (χ0v) is 19.2. The van der Waals surface area contributed by atoms with Crippen molar-refractivity contribution in [2.75, 3.05) is 45.3 Å². The maximum Gasteiger partial charge on any atom is 0.266 e. The van der Waals surface area contributed by atoms with Gasteiger partial charge in [-0.1, -0.05) is 29.0 Å². The van der Waals surface area contributed by atoms with Gasteiger partial charge in [-0.25, -0.2) is 4.98 Å². The lowest BCUT2D eigenvalue weighted by Gasteiger charge is -2.22. The van der Waals surface area contributed by atoms with Crippen LogP contribution in [0.25, 0.3) is 10.2 Å². The number of likely N-dealkylation sites (N-methyl/N-ethyl adjacent to an activating group) is 1. The van der Waals surface area contributed by atoms with Crippen molar-refractivity contribution in [3.63, 3.8) is 0 Å². The molecule has 6 nitrogen and oxygen atoms in total. The second-order valence-electron chi connectivity index (χ2n) is 7.08. The van der Waals surface area contributed by atoms with Crippen molar-refractivity contribution in [2.45, 2.75) is 13.8 Å². The normalized spacial score (nSPS) is 11.1. The fourth-order valence-corrected chi connectivity index (χ4v) is 4.21. The summed E-state index contributed by atoms with van der Waals surface area (Å²) in [6.07, 6.45) is 0. The molecule has 3 rings (SSSR count). The molecule has 2 aromatic carbocycles. The van der Waals surface area contributed by atoms with Gasteiger partial charge in [-0.15, -0.1) is 0 Å². The first-order chi connectivity index (χ1) is 14.4. The van der Waals surface area contributed by atoms with E-state index in [1.165, 1.54) is 11.3 Å². The van der Waals surface area contributed by atoms with Gasteiger partial charge in [0.1, 0.15) is 11.5 Å². The summed E-state index contributed by atoms with van der Waals surface area (Å²) >= 11 is 7.78. The summed E-state index contributed by atoms with van der Waals surface area (Å²) in [5.41, 5.74) is 1.86. The number of benzene rings is 2. The third kappa shape index (κ3) is 5.41. The first kappa shape index (κ1) is 22.3. The molecule has 3 aromatic rings. The fourth-order valence-electron chi connectivity index (χ4n) is 2.85. The average molecular weight is 448 g/mol. The van der Waals surface area contributed by atoms with Gasteiger partial charge in [0, 0.05) is 13.1 Å². The van der Waals surface area contributed by atoms with Gasteiger partial charge in [-0.05, 0) is 63.8 Å².